The van der Waals surface area contributed by atoms with Crippen LogP contribution in [0.3, 0.4) is 0 Å². The van der Waals surface area contributed by atoms with Gasteiger partial charge in [-0.2, -0.15) is 0 Å². The average molecular weight is 192 g/mol. The second-order valence-electron chi connectivity index (χ2n) is 3.33. The monoisotopic (exact) mass is 192 g/mol. The molecular weight excluding hydrogens is 176 g/mol. The Labute approximate surface area is 84.5 Å². The minimum absolute atomic E-state index is 0.416. The SMILES string of the molecule is CC=Nc1cnoc1/C(=C\C)C(C)C. The van der Waals surface area contributed by atoms with E-state index in [-0.39, 0.29) is 0 Å². The predicted molar refractivity (Wildman–Crippen MR) is 58.8 cm³/mol. The van der Waals surface area contributed by atoms with Crippen LogP contribution in [0.15, 0.2) is 21.8 Å². The molecule has 0 N–H and O–H groups in total. The molecule has 0 fully saturated rings. The first-order valence-electron chi connectivity index (χ1n) is 4.80. The Morgan fingerprint density at radius 3 is 2.71 bits per heavy atom. The third kappa shape index (κ3) is 2.10. The van der Waals surface area contributed by atoms with Gasteiger partial charge in [0, 0.05) is 6.21 Å². The molecule has 76 valence electrons. The molecule has 1 heterocycles. The number of nitrogens with zero attached hydrogens (tertiary/aromatic N) is 2. The molecule has 0 unspecified atom stereocenters. The number of aromatic nitrogens is 1. The van der Waals surface area contributed by atoms with E-state index in [4.69, 9.17) is 4.52 Å². The standard InChI is InChI=1S/C11H16N2O/c1-5-9(8(3)4)11-10(12-6-2)7-13-14-11/h5-8H,1-4H3/b9-5-,12-6?. The molecule has 0 aliphatic rings. The van der Waals surface area contributed by atoms with E-state index in [1.54, 1.807) is 12.4 Å². The van der Waals surface area contributed by atoms with Crippen molar-refractivity contribution in [1.82, 2.24) is 5.16 Å². The van der Waals surface area contributed by atoms with Crippen LogP contribution in [0.5, 0.6) is 0 Å². The molecular formula is C11H16N2O. The van der Waals surface area contributed by atoms with Gasteiger partial charge in [-0.25, -0.2) is 0 Å². The molecule has 0 aliphatic heterocycles. The molecule has 1 aromatic heterocycles. The van der Waals surface area contributed by atoms with Gasteiger partial charge in [0.25, 0.3) is 0 Å². The summed E-state index contributed by atoms with van der Waals surface area (Å²) in [6.45, 7) is 8.12. The third-order valence-electron chi connectivity index (χ3n) is 2.02. The summed E-state index contributed by atoms with van der Waals surface area (Å²) in [7, 11) is 0. The van der Waals surface area contributed by atoms with Crippen molar-refractivity contribution < 1.29 is 4.52 Å². The molecule has 3 heteroatoms. The third-order valence-corrected chi connectivity index (χ3v) is 2.02. The van der Waals surface area contributed by atoms with E-state index in [1.165, 1.54) is 0 Å². The summed E-state index contributed by atoms with van der Waals surface area (Å²) in [5.74, 6) is 1.19. The lowest BCUT2D eigenvalue weighted by Gasteiger charge is -2.06. The predicted octanol–water partition coefficient (Wildman–Crippen LogP) is 3.46. The highest BCUT2D eigenvalue weighted by atomic mass is 16.5. The smallest absolute Gasteiger partial charge is 0.188 e. The second-order valence-corrected chi connectivity index (χ2v) is 3.33. The average Bonchev–Trinajstić information content (AvgIpc) is 2.55. The number of allylic oxidation sites excluding steroid dienone is 2. The van der Waals surface area contributed by atoms with Crippen LogP contribution in [0, 0.1) is 5.92 Å². The van der Waals surface area contributed by atoms with E-state index in [1.807, 2.05) is 19.9 Å². The van der Waals surface area contributed by atoms with Gasteiger partial charge < -0.3 is 4.52 Å². The molecule has 0 spiro atoms. The van der Waals surface area contributed by atoms with Crippen molar-refractivity contribution >= 4 is 17.5 Å². The molecule has 3 nitrogen and oxygen atoms in total. The molecule has 0 bridgehead atoms. The van der Waals surface area contributed by atoms with Crippen LogP contribution < -0.4 is 0 Å². The molecule has 0 aromatic carbocycles. The maximum absolute atomic E-state index is 5.20. The molecule has 0 amide bonds. The Balaban J connectivity index is 3.11. The van der Waals surface area contributed by atoms with Crippen LogP contribution in [0.2, 0.25) is 0 Å². The molecule has 0 saturated heterocycles. The quantitative estimate of drug-likeness (QED) is 0.688. The largest absolute Gasteiger partial charge is 0.354 e. The fourth-order valence-electron chi connectivity index (χ4n) is 1.39. The maximum atomic E-state index is 5.20. The Morgan fingerprint density at radius 2 is 2.21 bits per heavy atom. The van der Waals surface area contributed by atoms with Gasteiger partial charge in [0.1, 0.15) is 5.69 Å². The van der Waals surface area contributed by atoms with E-state index in [9.17, 15) is 0 Å². The Hall–Kier alpha value is -1.38. The van der Waals surface area contributed by atoms with Gasteiger partial charge in [0.2, 0.25) is 0 Å². The second kappa shape index (κ2) is 4.74. The number of hydrogen-bond acceptors (Lipinski definition) is 3. The van der Waals surface area contributed by atoms with Gasteiger partial charge >= 0.3 is 0 Å². The van der Waals surface area contributed by atoms with E-state index in [2.05, 4.69) is 24.0 Å². The highest BCUT2D eigenvalue weighted by Crippen LogP contribution is 2.30. The van der Waals surface area contributed by atoms with Crippen LogP contribution in [0.1, 0.15) is 33.5 Å². The molecule has 0 saturated carbocycles. The van der Waals surface area contributed by atoms with Crippen LogP contribution in [0.4, 0.5) is 5.69 Å². The van der Waals surface area contributed by atoms with Crippen molar-refractivity contribution in [1.29, 1.82) is 0 Å². The zero-order chi connectivity index (χ0) is 10.6. The van der Waals surface area contributed by atoms with E-state index < -0.39 is 0 Å². The van der Waals surface area contributed by atoms with Crippen molar-refractivity contribution in [2.75, 3.05) is 0 Å². The lowest BCUT2D eigenvalue weighted by molar-refractivity contribution is 0.407. The van der Waals surface area contributed by atoms with Crippen molar-refractivity contribution in [3.05, 3.63) is 18.0 Å². The molecule has 0 radical (unpaired) electrons. The number of aliphatic imine (C=N–C) groups is 1. The highest BCUT2D eigenvalue weighted by Gasteiger charge is 2.14. The molecule has 1 aromatic rings. The molecule has 14 heavy (non-hydrogen) atoms. The maximum Gasteiger partial charge on any atom is 0.188 e. The minimum Gasteiger partial charge on any atom is -0.354 e. The fraction of sp³-hybridized carbons (Fsp3) is 0.455. The van der Waals surface area contributed by atoms with E-state index in [0.29, 0.717) is 5.92 Å². The first-order chi connectivity index (χ1) is 6.70. The van der Waals surface area contributed by atoms with Gasteiger partial charge in [-0.1, -0.05) is 25.1 Å². The molecule has 1 rings (SSSR count). The van der Waals surface area contributed by atoms with Gasteiger partial charge in [-0.3, -0.25) is 4.99 Å². The summed E-state index contributed by atoms with van der Waals surface area (Å²) in [5, 5.41) is 3.76. The number of rotatable bonds is 3. The fourth-order valence-corrected chi connectivity index (χ4v) is 1.39. The molecule has 0 aliphatic carbocycles. The van der Waals surface area contributed by atoms with Gasteiger partial charge in [-0.05, 0) is 25.3 Å². The zero-order valence-corrected chi connectivity index (χ0v) is 9.11. The number of hydrogen-bond donors (Lipinski definition) is 0. The van der Waals surface area contributed by atoms with Gasteiger partial charge in [0.05, 0.1) is 6.20 Å². The normalized spacial score (nSPS) is 13.1. The summed E-state index contributed by atoms with van der Waals surface area (Å²) >= 11 is 0. The Bertz CT molecular complexity index is 348. The lowest BCUT2D eigenvalue weighted by atomic mass is 10.00. The van der Waals surface area contributed by atoms with Crippen molar-refractivity contribution in [3.63, 3.8) is 0 Å². The summed E-state index contributed by atoms with van der Waals surface area (Å²) in [6, 6.07) is 0. The first-order valence-corrected chi connectivity index (χ1v) is 4.80. The topological polar surface area (TPSA) is 38.4 Å². The van der Waals surface area contributed by atoms with E-state index >= 15 is 0 Å². The van der Waals surface area contributed by atoms with Crippen molar-refractivity contribution in [2.45, 2.75) is 27.7 Å². The van der Waals surface area contributed by atoms with Crippen LogP contribution >= 0.6 is 0 Å². The van der Waals surface area contributed by atoms with Crippen molar-refractivity contribution in [2.24, 2.45) is 10.9 Å². The van der Waals surface area contributed by atoms with Crippen LogP contribution in [-0.2, 0) is 0 Å². The summed E-state index contributed by atoms with van der Waals surface area (Å²) in [6.07, 6.45) is 5.42. The van der Waals surface area contributed by atoms with Crippen LogP contribution in [0.25, 0.3) is 5.57 Å². The minimum atomic E-state index is 0.416. The van der Waals surface area contributed by atoms with Crippen molar-refractivity contribution in [3.8, 4) is 0 Å². The first kappa shape index (κ1) is 10.7. The molecule has 0 atom stereocenters. The van der Waals surface area contributed by atoms with Gasteiger partial charge in [-0.15, -0.1) is 0 Å². The summed E-state index contributed by atoms with van der Waals surface area (Å²) in [4.78, 5) is 4.20. The summed E-state index contributed by atoms with van der Waals surface area (Å²) < 4.78 is 5.20. The van der Waals surface area contributed by atoms with Crippen LogP contribution in [-0.4, -0.2) is 11.4 Å². The Kier molecular flexibility index (Phi) is 3.63. The Morgan fingerprint density at radius 1 is 1.50 bits per heavy atom. The van der Waals surface area contributed by atoms with Gasteiger partial charge in [0.15, 0.2) is 5.76 Å². The zero-order valence-electron chi connectivity index (χ0n) is 9.11. The summed E-state index contributed by atoms with van der Waals surface area (Å²) in [5.41, 5.74) is 1.94. The lowest BCUT2D eigenvalue weighted by Crippen LogP contribution is -1.91. The highest BCUT2D eigenvalue weighted by molar-refractivity contribution is 5.73. The van der Waals surface area contributed by atoms with E-state index in [0.717, 1.165) is 17.0 Å².